The molecule has 2 aromatic heterocycles. The fraction of sp³-hybridized carbons (Fsp3) is 0.500. The van der Waals surface area contributed by atoms with E-state index in [2.05, 4.69) is 46.3 Å². The highest BCUT2D eigenvalue weighted by Crippen LogP contribution is 2.21. The number of anilines is 1. The Labute approximate surface area is 147 Å². The molecule has 134 valence electrons. The van der Waals surface area contributed by atoms with Crippen molar-refractivity contribution in [3.8, 4) is 0 Å². The normalized spacial score (nSPS) is 17.6. The standard InChI is InChI=1S/C18H25N5O2/c1-18(2,3)14-12-25-16(22-14)10-20-17(24)21-13-7-9-23(11-13)15-6-4-5-8-19-15/h4-6,8,12-13H,7,9-11H2,1-3H3,(H2,20,21,24). The Morgan fingerprint density at radius 2 is 2.24 bits per heavy atom. The van der Waals surface area contributed by atoms with Gasteiger partial charge in [0.05, 0.1) is 12.2 Å². The van der Waals surface area contributed by atoms with Gasteiger partial charge < -0.3 is 20.0 Å². The summed E-state index contributed by atoms with van der Waals surface area (Å²) in [6.07, 6.45) is 4.33. The van der Waals surface area contributed by atoms with Crippen LogP contribution in [0.1, 0.15) is 38.8 Å². The number of hydrogen-bond acceptors (Lipinski definition) is 5. The van der Waals surface area contributed by atoms with Gasteiger partial charge in [-0.15, -0.1) is 0 Å². The monoisotopic (exact) mass is 343 g/mol. The Kier molecular flexibility index (Phi) is 4.92. The van der Waals surface area contributed by atoms with E-state index in [4.69, 9.17) is 4.42 Å². The molecule has 2 aromatic rings. The minimum atomic E-state index is -0.205. The first-order valence-corrected chi connectivity index (χ1v) is 8.57. The number of oxazole rings is 1. The topological polar surface area (TPSA) is 83.3 Å². The van der Waals surface area contributed by atoms with Crippen LogP contribution in [0.3, 0.4) is 0 Å². The lowest BCUT2D eigenvalue weighted by atomic mass is 9.93. The summed E-state index contributed by atoms with van der Waals surface area (Å²) in [5, 5.41) is 5.80. The summed E-state index contributed by atoms with van der Waals surface area (Å²) in [6, 6.07) is 5.76. The van der Waals surface area contributed by atoms with Gasteiger partial charge in [0.15, 0.2) is 0 Å². The van der Waals surface area contributed by atoms with Gasteiger partial charge in [-0.05, 0) is 18.6 Å². The molecule has 0 bridgehead atoms. The second kappa shape index (κ2) is 7.13. The average Bonchev–Trinajstić information content (AvgIpc) is 3.23. The SMILES string of the molecule is CC(C)(C)c1coc(CNC(=O)NC2CCN(c3ccccn3)C2)n1. The van der Waals surface area contributed by atoms with Crippen molar-refractivity contribution in [3.63, 3.8) is 0 Å². The van der Waals surface area contributed by atoms with Gasteiger partial charge in [0, 0.05) is 30.7 Å². The number of nitrogens with one attached hydrogen (secondary N) is 2. The first-order chi connectivity index (χ1) is 11.9. The van der Waals surface area contributed by atoms with Crippen molar-refractivity contribution < 1.29 is 9.21 Å². The van der Waals surface area contributed by atoms with Gasteiger partial charge in [0.1, 0.15) is 12.1 Å². The lowest BCUT2D eigenvalue weighted by Gasteiger charge is -2.17. The third kappa shape index (κ3) is 4.49. The fourth-order valence-corrected chi connectivity index (χ4v) is 2.76. The maximum Gasteiger partial charge on any atom is 0.315 e. The lowest BCUT2D eigenvalue weighted by Crippen LogP contribution is -2.43. The first kappa shape index (κ1) is 17.3. The van der Waals surface area contributed by atoms with E-state index in [0.29, 0.717) is 5.89 Å². The zero-order valence-corrected chi connectivity index (χ0v) is 15.0. The predicted octanol–water partition coefficient (Wildman–Crippen LogP) is 2.45. The van der Waals surface area contributed by atoms with Gasteiger partial charge in [-0.25, -0.2) is 14.8 Å². The van der Waals surface area contributed by atoms with E-state index in [9.17, 15) is 4.79 Å². The Morgan fingerprint density at radius 1 is 1.40 bits per heavy atom. The summed E-state index contributed by atoms with van der Waals surface area (Å²) in [7, 11) is 0. The summed E-state index contributed by atoms with van der Waals surface area (Å²) >= 11 is 0. The largest absolute Gasteiger partial charge is 0.447 e. The van der Waals surface area contributed by atoms with E-state index in [1.807, 2.05) is 18.2 Å². The molecule has 1 atom stereocenters. The summed E-state index contributed by atoms with van der Waals surface area (Å²) in [6.45, 7) is 8.14. The highest BCUT2D eigenvalue weighted by atomic mass is 16.3. The number of hydrogen-bond donors (Lipinski definition) is 2. The van der Waals surface area contributed by atoms with Crippen molar-refractivity contribution in [1.29, 1.82) is 0 Å². The predicted molar refractivity (Wildman–Crippen MR) is 95.4 cm³/mol. The second-order valence-electron chi connectivity index (χ2n) is 7.32. The molecule has 3 rings (SSSR count). The molecule has 1 fully saturated rings. The maximum atomic E-state index is 12.1. The molecular formula is C18H25N5O2. The second-order valence-corrected chi connectivity index (χ2v) is 7.32. The summed E-state index contributed by atoms with van der Waals surface area (Å²) in [5.41, 5.74) is 0.814. The molecule has 0 aliphatic carbocycles. The average molecular weight is 343 g/mol. The van der Waals surface area contributed by atoms with Crippen LogP contribution >= 0.6 is 0 Å². The molecule has 0 spiro atoms. The molecule has 3 heterocycles. The molecule has 7 nitrogen and oxygen atoms in total. The molecule has 25 heavy (non-hydrogen) atoms. The van der Waals surface area contributed by atoms with Gasteiger partial charge in [0.2, 0.25) is 5.89 Å². The first-order valence-electron chi connectivity index (χ1n) is 8.57. The van der Waals surface area contributed by atoms with Crippen LogP contribution in [0.4, 0.5) is 10.6 Å². The zero-order chi connectivity index (χ0) is 17.9. The molecule has 1 unspecified atom stereocenters. The van der Waals surface area contributed by atoms with Crippen LogP contribution in [0.2, 0.25) is 0 Å². The number of aromatic nitrogens is 2. The van der Waals surface area contributed by atoms with Crippen molar-refractivity contribution in [2.75, 3.05) is 18.0 Å². The van der Waals surface area contributed by atoms with Crippen LogP contribution in [0.15, 0.2) is 35.1 Å². The maximum absolute atomic E-state index is 12.1. The van der Waals surface area contributed by atoms with E-state index in [1.54, 1.807) is 12.5 Å². The van der Waals surface area contributed by atoms with Crippen molar-refractivity contribution in [2.45, 2.75) is 45.2 Å². The van der Waals surface area contributed by atoms with Crippen molar-refractivity contribution >= 4 is 11.8 Å². The Morgan fingerprint density at radius 3 is 2.92 bits per heavy atom. The summed E-state index contributed by atoms with van der Waals surface area (Å²) in [5.74, 6) is 1.46. The number of carbonyl (C=O) groups is 1. The fourth-order valence-electron chi connectivity index (χ4n) is 2.76. The number of rotatable bonds is 4. The number of pyridine rings is 1. The van der Waals surface area contributed by atoms with Crippen LogP contribution in [-0.2, 0) is 12.0 Å². The Hall–Kier alpha value is -2.57. The number of carbonyl (C=O) groups excluding carboxylic acids is 1. The molecule has 2 amide bonds. The van der Waals surface area contributed by atoms with Crippen molar-refractivity contribution in [1.82, 2.24) is 20.6 Å². The summed E-state index contributed by atoms with van der Waals surface area (Å²) in [4.78, 5) is 23.0. The van der Waals surface area contributed by atoms with Gasteiger partial charge >= 0.3 is 6.03 Å². The van der Waals surface area contributed by atoms with E-state index in [0.717, 1.165) is 31.0 Å². The van der Waals surface area contributed by atoms with E-state index < -0.39 is 0 Å². The highest BCUT2D eigenvalue weighted by molar-refractivity contribution is 5.74. The molecule has 0 saturated carbocycles. The number of nitrogens with zero attached hydrogens (tertiary/aromatic N) is 3. The highest BCUT2D eigenvalue weighted by Gasteiger charge is 2.25. The lowest BCUT2D eigenvalue weighted by molar-refractivity contribution is 0.236. The molecule has 1 saturated heterocycles. The van der Waals surface area contributed by atoms with Crippen LogP contribution in [-0.4, -0.2) is 35.1 Å². The smallest absolute Gasteiger partial charge is 0.315 e. The molecule has 1 aliphatic heterocycles. The third-order valence-electron chi connectivity index (χ3n) is 4.22. The van der Waals surface area contributed by atoms with Crippen molar-refractivity contribution in [2.24, 2.45) is 0 Å². The van der Waals surface area contributed by atoms with E-state index in [1.165, 1.54) is 0 Å². The zero-order valence-electron chi connectivity index (χ0n) is 15.0. The van der Waals surface area contributed by atoms with Crippen LogP contribution in [0.25, 0.3) is 0 Å². The van der Waals surface area contributed by atoms with Crippen LogP contribution in [0, 0.1) is 0 Å². The molecule has 2 N–H and O–H groups in total. The van der Waals surface area contributed by atoms with Gasteiger partial charge in [-0.3, -0.25) is 0 Å². The Bertz CT molecular complexity index is 708. The Balaban J connectivity index is 1.45. The van der Waals surface area contributed by atoms with Gasteiger partial charge in [0.25, 0.3) is 0 Å². The number of amides is 2. The van der Waals surface area contributed by atoms with Crippen LogP contribution < -0.4 is 15.5 Å². The van der Waals surface area contributed by atoms with Gasteiger partial charge in [-0.1, -0.05) is 26.8 Å². The molecule has 0 aromatic carbocycles. The van der Waals surface area contributed by atoms with Crippen LogP contribution in [0.5, 0.6) is 0 Å². The van der Waals surface area contributed by atoms with E-state index in [-0.39, 0.29) is 24.0 Å². The molecule has 0 radical (unpaired) electrons. The molecule has 7 heteroatoms. The molecular weight excluding hydrogens is 318 g/mol. The minimum absolute atomic E-state index is 0.0667. The third-order valence-corrected chi connectivity index (χ3v) is 4.22. The quantitative estimate of drug-likeness (QED) is 0.891. The summed E-state index contributed by atoms with van der Waals surface area (Å²) < 4.78 is 5.42. The van der Waals surface area contributed by atoms with Crippen molar-refractivity contribution in [3.05, 3.63) is 42.2 Å². The number of urea groups is 1. The van der Waals surface area contributed by atoms with E-state index >= 15 is 0 Å². The minimum Gasteiger partial charge on any atom is -0.447 e. The molecule has 1 aliphatic rings. The van der Waals surface area contributed by atoms with Gasteiger partial charge in [-0.2, -0.15) is 0 Å².